The molecule has 2 aromatic carbocycles. The van der Waals surface area contributed by atoms with Gasteiger partial charge in [-0.05, 0) is 56.0 Å². The minimum absolute atomic E-state index is 0.0917. The third kappa shape index (κ3) is 4.17. The van der Waals surface area contributed by atoms with Crippen molar-refractivity contribution in [2.45, 2.75) is 56.2 Å². The van der Waals surface area contributed by atoms with Crippen molar-refractivity contribution >= 4 is 40.9 Å². The van der Waals surface area contributed by atoms with Gasteiger partial charge in [0.2, 0.25) is 11.8 Å². The van der Waals surface area contributed by atoms with Crippen molar-refractivity contribution in [3.8, 4) is 0 Å². The van der Waals surface area contributed by atoms with Gasteiger partial charge in [-0.3, -0.25) is 14.4 Å². The molecule has 2 aromatic rings. The Morgan fingerprint density at radius 1 is 0.905 bits per heavy atom. The highest BCUT2D eigenvalue weighted by molar-refractivity contribution is 8.02. The van der Waals surface area contributed by atoms with Crippen molar-refractivity contribution < 1.29 is 19.5 Å². The minimum Gasteiger partial charge on any atom is -0.394 e. The lowest BCUT2D eigenvalue weighted by Gasteiger charge is -2.41. The molecule has 6 atom stereocenters. The van der Waals surface area contributed by atoms with Gasteiger partial charge in [-0.25, -0.2) is 0 Å². The molecule has 0 aliphatic carbocycles. The highest BCUT2D eigenvalue weighted by Gasteiger charge is 2.74. The number of anilines is 2. The Labute approximate surface area is 252 Å². The van der Waals surface area contributed by atoms with E-state index in [1.807, 2.05) is 101 Å². The predicted molar refractivity (Wildman–Crippen MR) is 167 cm³/mol. The maximum Gasteiger partial charge on any atom is 0.251 e. The molecule has 4 aliphatic rings. The van der Waals surface area contributed by atoms with Crippen molar-refractivity contribution in [1.29, 1.82) is 0 Å². The first kappa shape index (κ1) is 28.7. The van der Waals surface area contributed by atoms with Gasteiger partial charge in [-0.1, -0.05) is 68.5 Å². The number of hydrogen-bond donors (Lipinski definition) is 1. The Kier molecular flexibility index (Phi) is 7.13. The number of para-hydroxylation sites is 1. The van der Waals surface area contributed by atoms with Gasteiger partial charge in [0.15, 0.2) is 0 Å². The molecule has 8 heteroatoms. The molecular weight excluding hydrogens is 546 g/mol. The van der Waals surface area contributed by atoms with Crippen LogP contribution in [0.2, 0.25) is 0 Å². The molecule has 0 bridgehead atoms. The summed E-state index contributed by atoms with van der Waals surface area (Å²) < 4.78 is -1.67. The fraction of sp³-hybridized carbons (Fsp3) is 0.441. The zero-order valence-corrected chi connectivity index (χ0v) is 25.7. The molecule has 0 saturated carbocycles. The summed E-state index contributed by atoms with van der Waals surface area (Å²) in [4.78, 5) is 49.4. The Hall–Kier alpha value is -3.36. The number of rotatable bonds is 5. The van der Waals surface area contributed by atoms with Crippen LogP contribution in [0.3, 0.4) is 0 Å². The van der Waals surface area contributed by atoms with Crippen LogP contribution < -0.4 is 9.80 Å². The van der Waals surface area contributed by atoms with Crippen molar-refractivity contribution in [3.63, 3.8) is 0 Å². The topological polar surface area (TPSA) is 81.2 Å². The number of carbonyl (C=O) groups excluding carboxylic acids is 3. The van der Waals surface area contributed by atoms with Gasteiger partial charge in [-0.2, -0.15) is 0 Å². The Balaban J connectivity index is 1.52. The molecule has 3 amide bonds. The maximum absolute atomic E-state index is 14.9. The van der Waals surface area contributed by atoms with Crippen molar-refractivity contribution in [1.82, 2.24) is 4.90 Å². The molecule has 1 spiro atoms. The highest BCUT2D eigenvalue weighted by Crippen LogP contribution is 2.66. The molecule has 6 rings (SSSR count). The van der Waals surface area contributed by atoms with Crippen LogP contribution in [-0.4, -0.2) is 69.0 Å². The summed E-state index contributed by atoms with van der Waals surface area (Å²) in [6, 6.07) is 14.2. The molecular formula is C34H39N3O4S. The number of hydrogen-bond acceptors (Lipinski definition) is 5. The zero-order chi connectivity index (χ0) is 30.0. The number of benzene rings is 2. The van der Waals surface area contributed by atoms with E-state index in [-0.39, 0.29) is 30.2 Å². The molecule has 1 unspecified atom stereocenters. The van der Waals surface area contributed by atoms with E-state index in [4.69, 9.17) is 0 Å². The van der Waals surface area contributed by atoms with E-state index >= 15 is 0 Å². The minimum atomic E-state index is -0.970. The average Bonchev–Trinajstić information content (AvgIpc) is 3.22. The smallest absolute Gasteiger partial charge is 0.251 e. The fourth-order valence-electron chi connectivity index (χ4n) is 7.50. The molecule has 1 N–H and O–H groups in total. The standard InChI is InChI=1S/C34H39N3O4S/c1-21(2)26(20-38)37-29-32(41)36(25-19-22(3)13-14-23(25)4)18-10-16-34(29)28(31(37)40)27-30(39)35(24-11-7-6-8-12-24)17-9-15-33(27,5)42-34/h6-16,19,21,26-29,38H,17-18,20H2,1-5H3/t26-,27+,28-,29?,33-,34-/m0/s1. The van der Waals surface area contributed by atoms with E-state index in [1.165, 1.54) is 0 Å². The van der Waals surface area contributed by atoms with Crippen LogP contribution in [0.4, 0.5) is 11.4 Å². The van der Waals surface area contributed by atoms with E-state index in [0.717, 1.165) is 22.5 Å². The van der Waals surface area contributed by atoms with Crippen LogP contribution in [0.25, 0.3) is 0 Å². The molecule has 4 aliphatic heterocycles. The normalized spacial score (nSPS) is 31.3. The SMILES string of the molecule is Cc1ccc(C)c(N2CC=C[C@]34S[C@@]5(C)C=CCN(c6ccccc6)C(=O)[C@H]5[C@H]3C(=O)N([C@@H](CO)C(C)C)C4C2=O)c1. The first-order valence-electron chi connectivity index (χ1n) is 14.8. The Morgan fingerprint density at radius 3 is 2.29 bits per heavy atom. The number of aliphatic hydroxyl groups excluding tert-OH is 1. The van der Waals surface area contributed by atoms with Gasteiger partial charge in [0.1, 0.15) is 6.04 Å². The highest BCUT2D eigenvalue weighted by atomic mass is 32.2. The van der Waals surface area contributed by atoms with E-state index in [1.54, 1.807) is 26.5 Å². The predicted octanol–water partition coefficient (Wildman–Crippen LogP) is 4.51. The second kappa shape index (κ2) is 10.4. The number of likely N-dealkylation sites (tertiary alicyclic amines) is 1. The van der Waals surface area contributed by atoms with E-state index in [9.17, 15) is 19.5 Å². The van der Waals surface area contributed by atoms with Gasteiger partial charge >= 0.3 is 0 Å². The summed E-state index contributed by atoms with van der Waals surface area (Å²) in [5.74, 6) is -2.05. The van der Waals surface area contributed by atoms with Crippen LogP contribution >= 0.6 is 11.8 Å². The van der Waals surface area contributed by atoms with Gasteiger partial charge < -0.3 is 19.8 Å². The molecule has 0 radical (unpaired) electrons. The lowest BCUT2D eigenvalue weighted by atomic mass is 9.74. The number of amides is 3. The molecule has 220 valence electrons. The van der Waals surface area contributed by atoms with E-state index in [2.05, 4.69) is 6.08 Å². The average molecular weight is 586 g/mol. The second-order valence-electron chi connectivity index (χ2n) is 12.6. The zero-order valence-electron chi connectivity index (χ0n) is 24.9. The summed E-state index contributed by atoms with van der Waals surface area (Å²) in [5.41, 5.74) is 3.62. The summed E-state index contributed by atoms with van der Waals surface area (Å²) in [6.07, 6.45) is 8.12. The van der Waals surface area contributed by atoms with Crippen LogP contribution in [0.5, 0.6) is 0 Å². The van der Waals surface area contributed by atoms with Crippen LogP contribution in [0, 0.1) is 31.6 Å². The number of nitrogens with zero attached hydrogens (tertiary/aromatic N) is 3. The fourth-order valence-corrected chi connectivity index (χ4v) is 9.65. The number of thioether (sulfide) groups is 1. The maximum atomic E-state index is 14.9. The van der Waals surface area contributed by atoms with Crippen LogP contribution in [0.15, 0.2) is 72.8 Å². The monoisotopic (exact) mass is 585 g/mol. The third-order valence-electron chi connectivity index (χ3n) is 9.53. The summed E-state index contributed by atoms with van der Waals surface area (Å²) in [5, 5.41) is 10.6. The number of aryl methyl sites for hydroxylation is 2. The van der Waals surface area contributed by atoms with Gasteiger partial charge in [-0.15, -0.1) is 11.8 Å². The summed E-state index contributed by atoms with van der Waals surface area (Å²) in [7, 11) is 0. The molecule has 4 heterocycles. The van der Waals surface area contributed by atoms with Gasteiger partial charge in [0, 0.05) is 29.2 Å². The second-order valence-corrected chi connectivity index (χ2v) is 14.4. The van der Waals surface area contributed by atoms with Crippen LogP contribution in [-0.2, 0) is 14.4 Å². The van der Waals surface area contributed by atoms with Crippen molar-refractivity contribution in [2.75, 3.05) is 29.5 Å². The number of carbonyl (C=O) groups is 3. The lowest BCUT2D eigenvalue weighted by Crippen LogP contribution is -2.58. The number of aliphatic hydroxyl groups is 1. The van der Waals surface area contributed by atoms with Crippen molar-refractivity contribution in [3.05, 3.63) is 84.0 Å². The Bertz CT molecular complexity index is 1490. The lowest BCUT2D eigenvalue weighted by molar-refractivity contribution is -0.143. The third-order valence-corrected chi connectivity index (χ3v) is 11.3. The van der Waals surface area contributed by atoms with Crippen LogP contribution in [0.1, 0.15) is 31.9 Å². The summed E-state index contributed by atoms with van der Waals surface area (Å²) in [6.45, 7) is 10.5. The van der Waals surface area contributed by atoms with Gasteiger partial charge in [0.25, 0.3) is 5.91 Å². The van der Waals surface area contributed by atoms with E-state index in [0.29, 0.717) is 13.1 Å². The molecule has 42 heavy (non-hydrogen) atoms. The molecule has 2 saturated heterocycles. The summed E-state index contributed by atoms with van der Waals surface area (Å²) >= 11 is 1.57. The first-order valence-corrected chi connectivity index (χ1v) is 15.6. The largest absolute Gasteiger partial charge is 0.394 e. The molecule has 0 aromatic heterocycles. The first-order chi connectivity index (χ1) is 20.0. The van der Waals surface area contributed by atoms with E-state index < -0.39 is 33.4 Å². The molecule has 2 fully saturated rings. The van der Waals surface area contributed by atoms with Gasteiger partial charge in [0.05, 0.1) is 29.2 Å². The Morgan fingerprint density at radius 2 is 1.60 bits per heavy atom. The molecule has 7 nitrogen and oxygen atoms in total. The number of fused-ring (bicyclic) bond motifs is 2. The van der Waals surface area contributed by atoms with Crippen molar-refractivity contribution in [2.24, 2.45) is 17.8 Å². The quantitative estimate of drug-likeness (QED) is 0.523.